The maximum absolute atomic E-state index is 10.8. The maximum Gasteiger partial charge on any atom is 0.0843 e. The standard InChI is InChI=1S/C36H40ClNO3S/c1-35(2,39)32-10-5-4-8-27(32)14-18-34(42-25-36(19-20-36)21-22-41-40-3)29-9-6-7-26(23-29)11-16-31-17-13-28-12-15-30(37)24-33(28)38-31/h4-13,15-17,23-24,34,39H,14,18-22,25H2,1-3H3/b16-11+/t34-/m1/s1. The lowest BCUT2D eigenvalue weighted by atomic mass is 9.90. The van der Waals surface area contributed by atoms with Gasteiger partial charge in [0.25, 0.3) is 0 Å². The van der Waals surface area contributed by atoms with Crippen molar-refractivity contribution in [2.75, 3.05) is 19.5 Å². The second-order valence-electron chi connectivity index (χ2n) is 11.9. The minimum absolute atomic E-state index is 0.329. The molecule has 3 aromatic carbocycles. The molecule has 0 aliphatic heterocycles. The molecule has 220 valence electrons. The van der Waals surface area contributed by atoms with E-state index in [9.17, 15) is 5.11 Å². The minimum atomic E-state index is -0.870. The number of aromatic nitrogens is 1. The number of rotatable bonds is 14. The molecule has 1 aliphatic carbocycles. The van der Waals surface area contributed by atoms with Gasteiger partial charge < -0.3 is 5.11 Å². The summed E-state index contributed by atoms with van der Waals surface area (Å²) in [5, 5.41) is 12.9. The number of pyridine rings is 1. The molecule has 0 radical (unpaired) electrons. The van der Waals surface area contributed by atoms with E-state index in [0.29, 0.717) is 22.3 Å². The van der Waals surface area contributed by atoms with E-state index in [1.165, 1.54) is 24.0 Å². The molecule has 4 aromatic rings. The monoisotopic (exact) mass is 601 g/mol. The van der Waals surface area contributed by atoms with Crippen LogP contribution in [-0.4, -0.2) is 29.6 Å². The predicted octanol–water partition coefficient (Wildman–Crippen LogP) is 9.44. The van der Waals surface area contributed by atoms with Gasteiger partial charge in [-0.2, -0.15) is 11.8 Å². The maximum atomic E-state index is 10.8. The van der Waals surface area contributed by atoms with Gasteiger partial charge in [0, 0.05) is 15.7 Å². The number of benzene rings is 3. The molecule has 0 amide bonds. The Hall–Kier alpha value is -2.67. The van der Waals surface area contributed by atoms with E-state index in [4.69, 9.17) is 26.4 Å². The molecule has 0 bridgehead atoms. The molecule has 4 nitrogen and oxygen atoms in total. The van der Waals surface area contributed by atoms with Crippen LogP contribution in [0.3, 0.4) is 0 Å². The zero-order valence-electron chi connectivity index (χ0n) is 24.7. The van der Waals surface area contributed by atoms with E-state index >= 15 is 0 Å². The van der Waals surface area contributed by atoms with Gasteiger partial charge >= 0.3 is 0 Å². The number of nitrogens with zero attached hydrogens (tertiary/aromatic N) is 1. The van der Waals surface area contributed by atoms with Crippen molar-refractivity contribution in [3.8, 4) is 0 Å². The molecule has 0 unspecified atom stereocenters. The van der Waals surface area contributed by atoms with Gasteiger partial charge in [-0.1, -0.05) is 78.3 Å². The normalized spacial score (nSPS) is 15.4. The lowest BCUT2D eigenvalue weighted by Crippen LogP contribution is -2.18. The molecule has 1 aliphatic rings. The fourth-order valence-electron chi connectivity index (χ4n) is 5.47. The first-order chi connectivity index (χ1) is 20.2. The number of thioether (sulfide) groups is 1. The number of fused-ring (bicyclic) bond motifs is 1. The van der Waals surface area contributed by atoms with Gasteiger partial charge in [-0.25, -0.2) is 14.8 Å². The Labute approximate surface area is 259 Å². The van der Waals surface area contributed by atoms with Crippen molar-refractivity contribution >= 4 is 46.4 Å². The lowest BCUT2D eigenvalue weighted by Gasteiger charge is -2.24. The molecule has 1 saturated carbocycles. The predicted molar refractivity (Wildman–Crippen MR) is 177 cm³/mol. The van der Waals surface area contributed by atoms with E-state index in [-0.39, 0.29) is 0 Å². The summed E-state index contributed by atoms with van der Waals surface area (Å²) in [6, 6.07) is 27.1. The number of hydrogen-bond donors (Lipinski definition) is 1. The minimum Gasteiger partial charge on any atom is -0.386 e. The Morgan fingerprint density at radius 3 is 2.62 bits per heavy atom. The summed E-state index contributed by atoms with van der Waals surface area (Å²) in [7, 11) is 1.57. The zero-order valence-corrected chi connectivity index (χ0v) is 26.3. The van der Waals surface area contributed by atoms with Crippen molar-refractivity contribution in [2.45, 2.75) is 56.8 Å². The first kappa shape index (κ1) is 30.8. The SMILES string of the molecule is COOCCC1(CS[C@H](CCc2ccccc2C(C)(C)O)c2cccc(/C=C/c3ccc4ccc(Cl)cc4n3)c2)CC1. The second kappa shape index (κ2) is 13.7. The third kappa shape index (κ3) is 8.24. The van der Waals surface area contributed by atoms with Crippen molar-refractivity contribution in [2.24, 2.45) is 5.41 Å². The Bertz CT molecular complexity index is 1530. The van der Waals surface area contributed by atoms with E-state index in [2.05, 4.69) is 66.4 Å². The van der Waals surface area contributed by atoms with Gasteiger partial charge in [-0.05, 0) is 104 Å². The van der Waals surface area contributed by atoms with Crippen molar-refractivity contribution in [3.63, 3.8) is 0 Å². The summed E-state index contributed by atoms with van der Waals surface area (Å²) >= 11 is 8.24. The van der Waals surface area contributed by atoms with Crippen LogP contribution in [0, 0.1) is 5.41 Å². The molecule has 1 N–H and O–H groups in total. The number of halogens is 1. The molecule has 1 atom stereocenters. The van der Waals surface area contributed by atoms with Gasteiger partial charge in [-0.15, -0.1) is 0 Å². The van der Waals surface area contributed by atoms with Gasteiger partial charge in [0.15, 0.2) is 0 Å². The average Bonchev–Trinajstić information content (AvgIpc) is 3.75. The molecule has 1 fully saturated rings. The molecular formula is C36H40ClNO3S. The quantitative estimate of drug-likeness (QED) is 0.0886. The summed E-state index contributed by atoms with van der Waals surface area (Å²) < 4.78 is 0. The van der Waals surface area contributed by atoms with Crippen LogP contribution in [0.4, 0.5) is 0 Å². The van der Waals surface area contributed by atoms with Crippen molar-refractivity contribution < 1.29 is 14.9 Å². The van der Waals surface area contributed by atoms with E-state index in [1.807, 2.05) is 50.2 Å². The van der Waals surface area contributed by atoms with Gasteiger partial charge in [0.05, 0.1) is 30.5 Å². The largest absolute Gasteiger partial charge is 0.386 e. The highest BCUT2D eigenvalue weighted by atomic mass is 35.5. The van der Waals surface area contributed by atoms with Crippen LogP contribution in [0.2, 0.25) is 5.02 Å². The summed E-state index contributed by atoms with van der Waals surface area (Å²) in [5.74, 6) is 1.10. The first-order valence-electron chi connectivity index (χ1n) is 14.7. The van der Waals surface area contributed by atoms with Crippen molar-refractivity contribution in [1.29, 1.82) is 0 Å². The smallest absolute Gasteiger partial charge is 0.0843 e. The third-order valence-corrected chi connectivity index (χ3v) is 10.1. The molecule has 6 heteroatoms. The van der Waals surface area contributed by atoms with Crippen LogP contribution in [0.15, 0.2) is 78.9 Å². The molecule has 42 heavy (non-hydrogen) atoms. The van der Waals surface area contributed by atoms with E-state index < -0.39 is 5.60 Å². The fraction of sp³-hybridized carbons (Fsp3) is 0.361. The highest BCUT2D eigenvalue weighted by Gasteiger charge is 2.42. The third-order valence-electron chi connectivity index (χ3n) is 8.14. The molecule has 5 rings (SSSR count). The average molecular weight is 602 g/mol. The Morgan fingerprint density at radius 1 is 1.02 bits per heavy atom. The lowest BCUT2D eigenvalue weighted by molar-refractivity contribution is -0.274. The molecular weight excluding hydrogens is 562 g/mol. The van der Waals surface area contributed by atoms with Crippen LogP contribution in [-0.2, 0) is 21.8 Å². The van der Waals surface area contributed by atoms with Crippen LogP contribution in [0.5, 0.6) is 0 Å². The molecule has 1 aromatic heterocycles. The Morgan fingerprint density at radius 2 is 1.83 bits per heavy atom. The molecule has 0 spiro atoms. The summed E-state index contributed by atoms with van der Waals surface area (Å²) in [6.45, 7) is 4.37. The van der Waals surface area contributed by atoms with Crippen LogP contribution in [0.25, 0.3) is 23.1 Å². The number of aryl methyl sites for hydroxylation is 1. The highest BCUT2D eigenvalue weighted by Crippen LogP contribution is 2.53. The topological polar surface area (TPSA) is 51.6 Å². The van der Waals surface area contributed by atoms with Crippen LogP contribution >= 0.6 is 23.4 Å². The molecule has 1 heterocycles. The van der Waals surface area contributed by atoms with E-state index in [0.717, 1.165) is 52.7 Å². The molecule has 0 saturated heterocycles. The van der Waals surface area contributed by atoms with Gasteiger partial charge in [0.1, 0.15) is 0 Å². The zero-order chi connectivity index (χ0) is 29.6. The highest BCUT2D eigenvalue weighted by molar-refractivity contribution is 7.99. The summed E-state index contributed by atoms with van der Waals surface area (Å²) in [5.41, 5.74) is 5.96. The Balaban J connectivity index is 1.35. The van der Waals surface area contributed by atoms with Gasteiger partial charge in [-0.3, -0.25) is 0 Å². The van der Waals surface area contributed by atoms with Gasteiger partial charge in [0.2, 0.25) is 0 Å². The van der Waals surface area contributed by atoms with Crippen LogP contribution < -0.4 is 0 Å². The van der Waals surface area contributed by atoms with E-state index in [1.54, 1.807) is 7.11 Å². The Kier molecular flexibility index (Phi) is 10.1. The first-order valence-corrected chi connectivity index (χ1v) is 16.1. The summed E-state index contributed by atoms with van der Waals surface area (Å²) in [4.78, 5) is 14.8. The number of aliphatic hydroxyl groups is 1. The van der Waals surface area contributed by atoms with Crippen molar-refractivity contribution in [1.82, 2.24) is 4.98 Å². The summed E-state index contributed by atoms with van der Waals surface area (Å²) in [6.07, 6.45) is 9.61. The fourth-order valence-corrected chi connectivity index (χ4v) is 7.25. The number of hydrogen-bond acceptors (Lipinski definition) is 5. The van der Waals surface area contributed by atoms with Crippen molar-refractivity contribution in [3.05, 3.63) is 112 Å². The van der Waals surface area contributed by atoms with Crippen LogP contribution in [0.1, 0.15) is 72.7 Å². The second-order valence-corrected chi connectivity index (χ2v) is 13.5.